The number of hydrogen-bond donors (Lipinski definition) is 1. The quantitative estimate of drug-likeness (QED) is 0.483. The van der Waals surface area contributed by atoms with E-state index in [1.54, 1.807) is 30.3 Å². The Morgan fingerprint density at radius 1 is 0.833 bits per heavy atom. The predicted molar refractivity (Wildman–Crippen MR) is 117 cm³/mol. The van der Waals surface area contributed by atoms with Crippen molar-refractivity contribution in [2.45, 2.75) is 24.7 Å². The molecule has 5 nitrogen and oxygen atoms in total. The number of fused-ring (bicyclic) bond motifs is 1. The van der Waals surface area contributed by atoms with Crippen LogP contribution in [-0.2, 0) is 27.8 Å². The summed E-state index contributed by atoms with van der Waals surface area (Å²) >= 11 is 0. The van der Waals surface area contributed by atoms with Crippen LogP contribution in [0.5, 0.6) is 5.75 Å². The molecule has 0 spiro atoms. The molecule has 0 bridgehead atoms. The number of nitrogens with one attached hydrogen (secondary N) is 1. The molecule has 6 heteroatoms. The number of anilines is 1. The first-order valence-electron chi connectivity index (χ1n) is 9.71. The van der Waals surface area contributed by atoms with Gasteiger partial charge in [0.05, 0.1) is 0 Å². The molecule has 0 atom stereocenters. The molecular formula is C24H19NO4S. The van der Waals surface area contributed by atoms with Gasteiger partial charge < -0.3 is 9.50 Å². The van der Waals surface area contributed by atoms with Crippen molar-refractivity contribution in [1.82, 2.24) is 0 Å². The zero-order chi connectivity index (χ0) is 20.9. The summed E-state index contributed by atoms with van der Waals surface area (Å²) in [4.78, 5) is 11.7. The number of carbonyl (C=O) groups is 1. The number of carbonyl (C=O) groups excluding carboxylic acids is 1. The molecule has 0 aromatic heterocycles. The highest BCUT2D eigenvalue weighted by atomic mass is 32.2. The summed E-state index contributed by atoms with van der Waals surface area (Å²) in [5.74, 6) is 0.0253. The van der Waals surface area contributed by atoms with E-state index in [2.05, 4.69) is 5.32 Å². The fraction of sp³-hybridized carbons (Fsp3) is 0.125. The third kappa shape index (κ3) is 3.00. The van der Waals surface area contributed by atoms with E-state index in [1.165, 1.54) is 18.1 Å². The van der Waals surface area contributed by atoms with Crippen LogP contribution in [0.2, 0.25) is 0 Å². The number of benzene rings is 4. The standard InChI is InChI=1S/C24H19NO4S/c1-15(26)25-21-12-13-22(19-7-3-2-6-18(19)21)29-30(27,28)23-14-11-17-10-9-16-5-4-8-20(23)24(16)17/h2-8,11-14H,9-10H2,1H3,(H,25,26). The van der Waals surface area contributed by atoms with Crippen LogP contribution in [0.3, 0.4) is 0 Å². The van der Waals surface area contributed by atoms with Crippen molar-refractivity contribution < 1.29 is 17.4 Å². The second-order valence-electron chi connectivity index (χ2n) is 7.44. The SMILES string of the molecule is CC(=O)Nc1ccc(OS(=O)(=O)c2ccc3c4c(cccc24)CC3)c2ccccc12. The summed E-state index contributed by atoms with van der Waals surface area (Å²) in [6.07, 6.45) is 1.85. The molecule has 1 aliphatic carbocycles. The molecule has 0 aliphatic heterocycles. The van der Waals surface area contributed by atoms with Crippen LogP contribution in [0.4, 0.5) is 5.69 Å². The van der Waals surface area contributed by atoms with Crippen molar-refractivity contribution in [1.29, 1.82) is 0 Å². The fourth-order valence-corrected chi connectivity index (χ4v) is 5.39. The molecule has 0 saturated carbocycles. The lowest BCUT2D eigenvalue weighted by molar-refractivity contribution is -0.114. The van der Waals surface area contributed by atoms with Crippen LogP contribution in [-0.4, -0.2) is 14.3 Å². The first kappa shape index (κ1) is 18.6. The molecule has 0 fully saturated rings. The van der Waals surface area contributed by atoms with Gasteiger partial charge in [0.15, 0.2) is 5.75 Å². The minimum Gasteiger partial charge on any atom is -0.378 e. The van der Waals surface area contributed by atoms with Gasteiger partial charge in [-0.25, -0.2) is 0 Å². The van der Waals surface area contributed by atoms with Gasteiger partial charge in [0.25, 0.3) is 0 Å². The van der Waals surface area contributed by atoms with Gasteiger partial charge in [-0.1, -0.05) is 48.5 Å². The van der Waals surface area contributed by atoms with Crippen LogP contribution >= 0.6 is 0 Å². The highest BCUT2D eigenvalue weighted by molar-refractivity contribution is 7.87. The number of hydrogen-bond acceptors (Lipinski definition) is 4. The molecule has 30 heavy (non-hydrogen) atoms. The van der Waals surface area contributed by atoms with Gasteiger partial charge in [0.2, 0.25) is 5.91 Å². The lowest BCUT2D eigenvalue weighted by atomic mass is 10.1. The minimum atomic E-state index is -4.06. The summed E-state index contributed by atoms with van der Waals surface area (Å²) < 4.78 is 32.2. The van der Waals surface area contributed by atoms with E-state index >= 15 is 0 Å². The molecule has 1 amide bonds. The van der Waals surface area contributed by atoms with E-state index in [1.807, 2.05) is 36.4 Å². The van der Waals surface area contributed by atoms with Gasteiger partial charge in [-0.3, -0.25) is 4.79 Å². The highest BCUT2D eigenvalue weighted by Gasteiger charge is 2.25. The first-order valence-corrected chi connectivity index (χ1v) is 11.1. The molecule has 1 N–H and O–H groups in total. The maximum Gasteiger partial charge on any atom is 0.339 e. The molecule has 1 aliphatic rings. The van der Waals surface area contributed by atoms with Gasteiger partial charge in [-0.2, -0.15) is 8.42 Å². The summed E-state index contributed by atoms with van der Waals surface area (Å²) in [6, 6.07) is 19.7. The van der Waals surface area contributed by atoms with E-state index in [4.69, 9.17) is 4.18 Å². The molecule has 4 aromatic rings. The normalized spacial score (nSPS) is 13.0. The highest BCUT2D eigenvalue weighted by Crippen LogP contribution is 2.37. The van der Waals surface area contributed by atoms with Crippen molar-refractivity contribution in [3.63, 3.8) is 0 Å². The molecule has 150 valence electrons. The smallest absolute Gasteiger partial charge is 0.339 e. The second-order valence-corrected chi connectivity index (χ2v) is 8.95. The second kappa shape index (κ2) is 6.85. The summed E-state index contributed by atoms with van der Waals surface area (Å²) in [7, 11) is -4.06. The first-order chi connectivity index (χ1) is 14.4. The lowest BCUT2D eigenvalue weighted by Gasteiger charge is -2.14. The lowest BCUT2D eigenvalue weighted by Crippen LogP contribution is -2.11. The predicted octanol–water partition coefficient (Wildman–Crippen LogP) is 4.82. The number of rotatable bonds is 4. The zero-order valence-corrected chi connectivity index (χ0v) is 17.1. The maximum atomic E-state index is 13.3. The fourth-order valence-electron chi connectivity index (χ4n) is 4.24. The van der Waals surface area contributed by atoms with Crippen molar-refractivity contribution in [2.75, 3.05) is 5.32 Å². The van der Waals surface area contributed by atoms with Crippen LogP contribution < -0.4 is 9.50 Å². The van der Waals surface area contributed by atoms with Crippen molar-refractivity contribution in [3.05, 3.63) is 77.9 Å². The van der Waals surface area contributed by atoms with Crippen molar-refractivity contribution in [3.8, 4) is 5.75 Å². The van der Waals surface area contributed by atoms with E-state index in [0.29, 0.717) is 21.8 Å². The third-order valence-corrected chi connectivity index (χ3v) is 6.79. The van der Waals surface area contributed by atoms with Crippen LogP contribution in [0.1, 0.15) is 18.1 Å². The average molecular weight is 417 g/mol. The van der Waals surface area contributed by atoms with Crippen LogP contribution in [0.15, 0.2) is 71.6 Å². The topological polar surface area (TPSA) is 72.5 Å². The van der Waals surface area contributed by atoms with Crippen LogP contribution in [0.25, 0.3) is 21.5 Å². The Labute approximate surface area is 174 Å². The molecule has 0 heterocycles. The molecule has 4 aromatic carbocycles. The maximum absolute atomic E-state index is 13.3. The monoisotopic (exact) mass is 417 g/mol. The average Bonchev–Trinajstić information content (AvgIpc) is 3.15. The Kier molecular flexibility index (Phi) is 4.25. The minimum absolute atomic E-state index is 0.167. The number of aryl methyl sites for hydroxylation is 2. The van der Waals surface area contributed by atoms with E-state index < -0.39 is 10.1 Å². The number of amides is 1. The van der Waals surface area contributed by atoms with E-state index in [0.717, 1.165) is 18.2 Å². The Hall–Kier alpha value is -3.38. The van der Waals surface area contributed by atoms with Gasteiger partial charge in [0, 0.05) is 28.8 Å². The largest absolute Gasteiger partial charge is 0.378 e. The van der Waals surface area contributed by atoms with E-state index in [9.17, 15) is 13.2 Å². The third-order valence-electron chi connectivity index (χ3n) is 5.50. The van der Waals surface area contributed by atoms with Crippen molar-refractivity contribution in [2.24, 2.45) is 0 Å². The van der Waals surface area contributed by atoms with Gasteiger partial charge >= 0.3 is 10.1 Å². The molecular weight excluding hydrogens is 398 g/mol. The Morgan fingerprint density at radius 3 is 2.30 bits per heavy atom. The van der Waals surface area contributed by atoms with Crippen LogP contribution in [0, 0.1) is 0 Å². The molecule has 5 rings (SSSR count). The Bertz CT molecular complexity index is 1430. The van der Waals surface area contributed by atoms with Gasteiger partial charge in [-0.15, -0.1) is 0 Å². The molecule has 0 saturated heterocycles. The summed E-state index contributed by atoms with van der Waals surface area (Å²) in [5, 5.41) is 5.81. The summed E-state index contributed by atoms with van der Waals surface area (Å²) in [5.41, 5.74) is 2.95. The zero-order valence-electron chi connectivity index (χ0n) is 16.3. The van der Waals surface area contributed by atoms with Crippen molar-refractivity contribution >= 4 is 43.3 Å². The van der Waals surface area contributed by atoms with Gasteiger partial charge in [-0.05, 0) is 47.6 Å². The van der Waals surface area contributed by atoms with E-state index in [-0.39, 0.29) is 16.6 Å². The molecule has 0 radical (unpaired) electrons. The molecule has 0 unspecified atom stereocenters. The summed E-state index contributed by atoms with van der Waals surface area (Å²) in [6.45, 7) is 1.43. The van der Waals surface area contributed by atoms with Gasteiger partial charge in [0.1, 0.15) is 4.90 Å². The Balaban J connectivity index is 1.63. The Morgan fingerprint density at radius 2 is 1.53 bits per heavy atom.